The number of thiazole rings is 1. The molecule has 1 heterocycles. The first-order valence-electron chi connectivity index (χ1n) is 4.92. The molecule has 88 valence electrons. The summed E-state index contributed by atoms with van der Waals surface area (Å²) < 4.78 is 0.581. The lowest BCUT2D eigenvalue weighted by Crippen LogP contribution is -2.43. The number of hydrogen-bond acceptors (Lipinski definition) is 4. The van der Waals surface area contributed by atoms with E-state index in [9.17, 15) is 4.79 Å². The average Bonchev–Trinajstić information content (AvgIpc) is 2.64. The molecule has 16 heavy (non-hydrogen) atoms. The number of hydrazone groups is 1. The summed E-state index contributed by atoms with van der Waals surface area (Å²) in [4.78, 5) is 15.6. The molecule has 0 aliphatic carbocycles. The minimum atomic E-state index is -0.0941. The third-order valence-corrected chi connectivity index (χ3v) is 2.59. The van der Waals surface area contributed by atoms with Crippen LogP contribution in [0.4, 0.5) is 0 Å². The number of quaternary nitrogens is 1. The largest absolute Gasteiger partial charge is 0.323 e. The molecule has 1 N–H and O–H groups in total. The SMILES string of the molecule is C/C(=N\NC(=O)C[N+](C)(C)C)c1nccs1. The minimum absolute atomic E-state index is 0.0941. The van der Waals surface area contributed by atoms with Gasteiger partial charge in [-0.05, 0) is 6.92 Å². The molecular weight excluding hydrogens is 224 g/mol. The van der Waals surface area contributed by atoms with Gasteiger partial charge in [0.25, 0.3) is 5.91 Å². The molecule has 1 rings (SSSR count). The van der Waals surface area contributed by atoms with Crippen molar-refractivity contribution in [3.05, 3.63) is 16.6 Å². The summed E-state index contributed by atoms with van der Waals surface area (Å²) in [6, 6.07) is 0. The van der Waals surface area contributed by atoms with Crippen LogP contribution in [0.3, 0.4) is 0 Å². The quantitative estimate of drug-likeness (QED) is 0.479. The third kappa shape index (κ3) is 4.50. The van der Waals surface area contributed by atoms with Crippen molar-refractivity contribution in [2.45, 2.75) is 6.92 Å². The summed E-state index contributed by atoms with van der Waals surface area (Å²) in [7, 11) is 5.87. The highest BCUT2D eigenvalue weighted by Crippen LogP contribution is 2.04. The van der Waals surface area contributed by atoms with Crippen LogP contribution >= 0.6 is 11.3 Å². The van der Waals surface area contributed by atoms with E-state index >= 15 is 0 Å². The van der Waals surface area contributed by atoms with Gasteiger partial charge in [-0.2, -0.15) is 5.10 Å². The van der Waals surface area contributed by atoms with E-state index in [1.807, 2.05) is 33.4 Å². The number of hydrogen-bond donors (Lipinski definition) is 1. The number of rotatable bonds is 4. The summed E-state index contributed by atoms with van der Waals surface area (Å²) in [6.07, 6.45) is 1.72. The molecule has 1 aromatic rings. The Labute approximate surface area is 99.4 Å². The van der Waals surface area contributed by atoms with Crippen molar-refractivity contribution in [3.8, 4) is 0 Å². The van der Waals surface area contributed by atoms with Crippen LogP contribution in [0.15, 0.2) is 16.7 Å². The zero-order valence-electron chi connectivity index (χ0n) is 10.0. The Morgan fingerprint density at radius 2 is 2.25 bits per heavy atom. The molecule has 0 unspecified atom stereocenters. The number of amides is 1. The molecule has 0 aliphatic heterocycles. The van der Waals surface area contributed by atoms with Gasteiger partial charge < -0.3 is 4.48 Å². The van der Waals surface area contributed by atoms with Crippen LogP contribution in [-0.2, 0) is 4.79 Å². The van der Waals surface area contributed by atoms with Gasteiger partial charge in [0.1, 0.15) is 5.01 Å². The molecule has 0 radical (unpaired) electrons. The highest BCUT2D eigenvalue weighted by molar-refractivity contribution is 7.11. The van der Waals surface area contributed by atoms with Crippen molar-refractivity contribution in [3.63, 3.8) is 0 Å². The Morgan fingerprint density at radius 3 is 2.75 bits per heavy atom. The van der Waals surface area contributed by atoms with Gasteiger partial charge in [0.15, 0.2) is 6.54 Å². The maximum absolute atomic E-state index is 11.5. The van der Waals surface area contributed by atoms with Crippen molar-refractivity contribution in [2.24, 2.45) is 5.10 Å². The van der Waals surface area contributed by atoms with E-state index in [0.717, 1.165) is 10.7 Å². The first kappa shape index (κ1) is 12.8. The molecule has 0 fully saturated rings. The molecule has 0 saturated carbocycles. The highest BCUT2D eigenvalue weighted by Gasteiger charge is 2.13. The Balaban J connectivity index is 2.51. The molecule has 0 aromatic carbocycles. The monoisotopic (exact) mass is 241 g/mol. The maximum atomic E-state index is 11.5. The maximum Gasteiger partial charge on any atom is 0.295 e. The molecule has 6 heteroatoms. The normalized spacial score (nSPS) is 12.6. The van der Waals surface area contributed by atoms with Crippen LogP contribution in [0.1, 0.15) is 11.9 Å². The number of aromatic nitrogens is 1. The van der Waals surface area contributed by atoms with Crippen LogP contribution in [0.25, 0.3) is 0 Å². The summed E-state index contributed by atoms with van der Waals surface area (Å²) in [5, 5.41) is 6.71. The molecule has 1 aromatic heterocycles. The second kappa shape index (κ2) is 5.18. The Hall–Kier alpha value is -1.27. The smallest absolute Gasteiger partial charge is 0.295 e. The highest BCUT2D eigenvalue weighted by atomic mass is 32.1. The van der Waals surface area contributed by atoms with Crippen molar-refractivity contribution in [1.82, 2.24) is 10.4 Å². The molecule has 0 spiro atoms. The fraction of sp³-hybridized carbons (Fsp3) is 0.500. The molecule has 0 aliphatic rings. The number of carbonyl (C=O) groups is 1. The van der Waals surface area contributed by atoms with Gasteiger partial charge >= 0.3 is 0 Å². The summed E-state index contributed by atoms with van der Waals surface area (Å²) in [6.45, 7) is 2.22. The fourth-order valence-corrected chi connectivity index (χ4v) is 1.65. The second-order valence-electron chi connectivity index (χ2n) is 4.52. The van der Waals surface area contributed by atoms with Crippen molar-refractivity contribution in [1.29, 1.82) is 0 Å². The number of nitrogens with one attached hydrogen (secondary N) is 1. The topological polar surface area (TPSA) is 54.4 Å². The van der Waals surface area contributed by atoms with Gasteiger partial charge in [0.2, 0.25) is 0 Å². The van der Waals surface area contributed by atoms with Crippen LogP contribution in [-0.4, -0.2) is 48.8 Å². The van der Waals surface area contributed by atoms with E-state index in [1.54, 1.807) is 6.20 Å². The first-order chi connectivity index (χ1) is 7.38. The molecular formula is C10H17N4OS+. The number of likely N-dealkylation sites (N-methyl/N-ethyl adjacent to an activating group) is 1. The van der Waals surface area contributed by atoms with Crippen LogP contribution in [0.2, 0.25) is 0 Å². The van der Waals surface area contributed by atoms with Crippen molar-refractivity contribution >= 4 is 23.0 Å². The van der Waals surface area contributed by atoms with E-state index in [4.69, 9.17) is 0 Å². The van der Waals surface area contributed by atoms with Crippen LogP contribution < -0.4 is 5.43 Å². The van der Waals surface area contributed by atoms with E-state index in [-0.39, 0.29) is 5.91 Å². The van der Waals surface area contributed by atoms with Crippen LogP contribution in [0, 0.1) is 0 Å². The van der Waals surface area contributed by atoms with Crippen molar-refractivity contribution in [2.75, 3.05) is 27.7 Å². The lowest BCUT2D eigenvalue weighted by molar-refractivity contribution is -0.862. The van der Waals surface area contributed by atoms with Crippen LogP contribution in [0.5, 0.6) is 0 Å². The third-order valence-electron chi connectivity index (χ3n) is 1.71. The van der Waals surface area contributed by atoms with E-state index in [1.165, 1.54) is 11.3 Å². The fourth-order valence-electron chi connectivity index (χ4n) is 1.06. The predicted octanol–water partition coefficient (Wildman–Crippen LogP) is 0.690. The molecule has 0 atom stereocenters. The van der Waals surface area contributed by atoms with E-state index in [0.29, 0.717) is 11.0 Å². The second-order valence-corrected chi connectivity index (χ2v) is 5.41. The Bertz CT molecular complexity index is 378. The average molecular weight is 241 g/mol. The van der Waals surface area contributed by atoms with E-state index in [2.05, 4.69) is 15.5 Å². The van der Waals surface area contributed by atoms with Gasteiger partial charge in [-0.3, -0.25) is 4.79 Å². The Morgan fingerprint density at radius 1 is 1.56 bits per heavy atom. The standard InChI is InChI=1S/C10H16N4OS/c1-8(10-11-5-6-16-10)12-13-9(15)7-14(2,3)4/h5-6H,7H2,1-4H3/p+1. The lowest BCUT2D eigenvalue weighted by atomic mass is 10.4. The van der Waals surface area contributed by atoms with Crippen molar-refractivity contribution < 1.29 is 9.28 Å². The van der Waals surface area contributed by atoms with Gasteiger partial charge in [0, 0.05) is 11.6 Å². The zero-order chi connectivity index (χ0) is 12.2. The minimum Gasteiger partial charge on any atom is -0.323 e. The lowest BCUT2D eigenvalue weighted by Gasteiger charge is -2.22. The zero-order valence-corrected chi connectivity index (χ0v) is 10.8. The summed E-state index contributed by atoms with van der Waals surface area (Å²) in [5.41, 5.74) is 3.25. The van der Waals surface area contributed by atoms with Gasteiger partial charge in [-0.1, -0.05) is 0 Å². The molecule has 1 amide bonds. The number of carbonyl (C=O) groups excluding carboxylic acids is 1. The molecule has 0 saturated heterocycles. The summed E-state index contributed by atoms with van der Waals surface area (Å²) >= 11 is 1.50. The molecule has 5 nitrogen and oxygen atoms in total. The number of nitrogens with zero attached hydrogens (tertiary/aromatic N) is 3. The Kier molecular flexibility index (Phi) is 4.14. The van der Waals surface area contributed by atoms with Gasteiger partial charge in [-0.25, -0.2) is 10.4 Å². The first-order valence-corrected chi connectivity index (χ1v) is 5.80. The van der Waals surface area contributed by atoms with Gasteiger partial charge in [0.05, 0.1) is 26.9 Å². The van der Waals surface area contributed by atoms with Gasteiger partial charge in [-0.15, -0.1) is 11.3 Å². The predicted molar refractivity (Wildman–Crippen MR) is 65.4 cm³/mol. The summed E-state index contributed by atoms with van der Waals surface area (Å²) in [5.74, 6) is -0.0941. The van der Waals surface area contributed by atoms with E-state index < -0.39 is 0 Å². The molecule has 0 bridgehead atoms.